The molecule has 0 heterocycles. The van der Waals surface area contributed by atoms with Crippen molar-refractivity contribution in [1.82, 2.24) is 5.32 Å². The van der Waals surface area contributed by atoms with Gasteiger partial charge in [0.2, 0.25) is 0 Å². The van der Waals surface area contributed by atoms with Crippen molar-refractivity contribution in [1.29, 1.82) is 0 Å². The molecule has 0 spiro atoms. The fourth-order valence-corrected chi connectivity index (χ4v) is 1.40. The third kappa shape index (κ3) is 5.47. The topological polar surface area (TPSA) is 58.6 Å². The number of nitrogens with one attached hydrogen (secondary N) is 1. The summed E-state index contributed by atoms with van der Waals surface area (Å²) in [6.07, 6.45) is 3.07. The monoisotopic (exact) mass is 221 g/mol. The summed E-state index contributed by atoms with van der Waals surface area (Å²) in [6, 6.07) is 0. The Balaban J connectivity index is 3.60. The molecule has 0 aromatic rings. The van der Waals surface area contributed by atoms with E-state index in [1.54, 1.807) is 11.8 Å². The van der Waals surface area contributed by atoms with Gasteiger partial charge in [-0.05, 0) is 31.9 Å². The van der Waals surface area contributed by atoms with E-state index >= 15 is 0 Å². The molecule has 0 aliphatic rings. The quantitative estimate of drug-likeness (QED) is 0.477. The predicted octanol–water partition coefficient (Wildman–Crippen LogP) is 0.253. The molecule has 84 valence electrons. The molecular formula is C9H19NO3S. The van der Waals surface area contributed by atoms with Crippen LogP contribution in [0.5, 0.6) is 0 Å². The molecule has 0 fully saturated rings. The van der Waals surface area contributed by atoms with E-state index in [1.807, 2.05) is 6.26 Å². The van der Waals surface area contributed by atoms with Crippen LogP contribution in [-0.4, -0.2) is 48.9 Å². The first-order chi connectivity index (χ1) is 6.54. The molecule has 1 unspecified atom stereocenters. The Bertz CT molecular complexity index is 173. The fourth-order valence-electron chi connectivity index (χ4n) is 0.965. The van der Waals surface area contributed by atoms with Crippen LogP contribution in [0.1, 0.15) is 13.3 Å². The van der Waals surface area contributed by atoms with Gasteiger partial charge in [-0.15, -0.1) is 0 Å². The van der Waals surface area contributed by atoms with E-state index < -0.39 is 11.6 Å². The number of rotatable bonds is 7. The van der Waals surface area contributed by atoms with Gasteiger partial charge in [0, 0.05) is 6.54 Å². The summed E-state index contributed by atoms with van der Waals surface area (Å²) in [5.41, 5.74) is -1.42. The number of carbonyl (C=O) groups excluding carboxylic acids is 1. The Morgan fingerprint density at radius 1 is 1.64 bits per heavy atom. The smallest absolute Gasteiger partial charge is 0.338 e. The molecule has 14 heavy (non-hydrogen) atoms. The molecule has 0 aromatic carbocycles. The summed E-state index contributed by atoms with van der Waals surface area (Å²) >= 11 is 1.78. The fraction of sp³-hybridized carbons (Fsp3) is 0.889. The van der Waals surface area contributed by atoms with Crippen molar-refractivity contribution in [2.24, 2.45) is 0 Å². The van der Waals surface area contributed by atoms with E-state index in [0.29, 0.717) is 0 Å². The Labute approximate surface area is 89.4 Å². The minimum Gasteiger partial charge on any atom is -0.467 e. The Kier molecular flexibility index (Phi) is 6.96. The molecular weight excluding hydrogens is 202 g/mol. The molecule has 0 aliphatic heterocycles. The second-order valence-corrected chi connectivity index (χ2v) is 4.27. The lowest BCUT2D eigenvalue weighted by molar-refractivity contribution is -0.159. The normalized spacial score (nSPS) is 14.9. The Hall–Kier alpha value is -0.260. The number of methoxy groups -OCH3 is 1. The zero-order chi connectivity index (χ0) is 11.0. The highest BCUT2D eigenvalue weighted by molar-refractivity contribution is 7.98. The van der Waals surface area contributed by atoms with Crippen LogP contribution in [0.2, 0.25) is 0 Å². The highest BCUT2D eigenvalue weighted by Gasteiger charge is 2.30. The van der Waals surface area contributed by atoms with E-state index in [2.05, 4.69) is 10.1 Å². The van der Waals surface area contributed by atoms with Crippen LogP contribution in [0, 0.1) is 0 Å². The highest BCUT2D eigenvalue weighted by Crippen LogP contribution is 2.03. The standard InChI is InChI=1S/C9H19NO3S/c1-9(12,8(11)13-2)7-10-5-4-6-14-3/h10,12H,4-7H2,1-3H3. The molecule has 0 saturated heterocycles. The lowest BCUT2D eigenvalue weighted by Gasteiger charge is -2.20. The molecule has 0 amide bonds. The number of hydrogen-bond acceptors (Lipinski definition) is 5. The summed E-state index contributed by atoms with van der Waals surface area (Å²) in [4.78, 5) is 11.0. The summed E-state index contributed by atoms with van der Waals surface area (Å²) in [7, 11) is 1.27. The lowest BCUT2D eigenvalue weighted by Crippen LogP contribution is -2.45. The van der Waals surface area contributed by atoms with E-state index in [4.69, 9.17) is 0 Å². The van der Waals surface area contributed by atoms with Crippen LogP contribution in [0.25, 0.3) is 0 Å². The zero-order valence-corrected chi connectivity index (χ0v) is 9.82. The summed E-state index contributed by atoms with van der Waals surface area (Å²) in [5.74, 6) is 0.475. The van der Waals surface area contributed by atoms with Crippen molar-refractivity contribution in [2.75, 3.05) is 32.2 Å². The van der Waals surface area contributed by atoms with E-state index in [9.17, 15) is 9.90 Å². The average molecular weight is 221 g/mol. The van der Waals surface area contributed by atoms with Gasteiger partial charge >= 0.3 is 5.97 Å². The molecule has 4 nitrogen and oxygen atoms in total. The van der Waals surface area contributed by atoms with Gasteiger partial charge in [0.25, 0.3) is 0 Å². The number of thioether (sulfide) groups is 1. The van der Waals surface area contributed by atoms with Crippen molar-refractivity contribution >= 4 is 17.7 Å². The van der Waals surface area contributed by atoms with Crippen molar-refractivity contribution in [3.05, 3.63) is 0 Å². The maximum absolute atomic E-state index is 11.0. The van der Waals surface area contributed by atoms with Crippen LogP contribution >= 0.6 is 11.8 Å². The first kappa shape index (κ1) is 13.7. The Morgan fingerprint density at radius 2 is 2.29 bits per heavy atom. The van der Waals surface area contributed by atoms with Gasteiger partial charge < -0.3 is 15.2 Å². The molecule has 5 heteroatoms. The lowest BCUT2D eigenvalue weighted by atomic mass is 10.1. The number of ether oxygens (including phenoxy) is 1. The summed E-state index contributed by atoms with van der Waals surface area (Å²) in [5, 5.41) is 12.6. The molecule has 0 aromatic heterocycles. The van der Waals surface area contributed by atoms with Gasteiger partial charge in [-0.2, -0.15) is 11.8 Å². The molecule has 2 N–H and O–H groups in total. The van der Waals surface area contributed by atoms with Gasteiger partial charge in [0.15, 0.2) is 5.60 Å². The Morgan fingerprint density at radius 3 is 2.79 bits per heavy atom. The first-order valence-corrected chi connectivity index (χ1v) is 5.94. The first-order valence-electron chi connectivity index (χ1n) is 4.55. The number of carbonyl (C=O) groups is 1. The van der Waals surface area contributed by atoms with Gasteiger partial charge in [0.1, 0.15) is 0 Å². The van der Waals surface area contributed by atoms with Crippen LogP contribution < -0.4 is 5.32 Å². The van der Waals surface area contributed by atoms with Crippen LogP contribution in [-0.2, 0) is 9.53 Å². The van der Waals surface area contributed by atoms with Crippen molar-refractivity contribution in [2.45, 2.75) is 18.9 Å². The van der Waals surface area contributed by atoms with E-state index in [-0.39, 0.29) is 6.54 Å². The summed E-state index contributed by atoms with van der Waals surface area (Å²) in [6.45, 7) is 2.47. The highest BCUT2D eigenvalue weighted by atomic mass is 32.2. The van der Waals surface area contributed by atoms with Gasteiger partial charge in [-0.3, -0.25) is 0 Å². The second kappa shape index (κ2) is 7.09. The molecule has 0 rings (SSSR count). The van der Waals surface area contributed by atoms with Crippen molar-refractivity contribution in [3.63, 3.8) is 0 Å². The maximum atomic E-state index is 11.0. The van der Waals surface area contributed by atoms with Gasteiger partial charge in [-0.25, -0.2) is 4.79 Å². The largest absolute Gasteiger partial charge is 0.467 e. The van der Waals surface area contributed by atoms with Crippen molar-refractivity contribution in [3.8, 4) is 0 Å². The molecule has 0 saturated carbocycles. The minimum atomic E-state index is -1.42. The van der Waals surface area contributed by atoms with Gasteiger partial charge in [-0.1, -0.05) is 0 Å². The number of esters is 1. The van der Waals surface area contributed by atoms with E-state index in [1.165, 1.54) is 14.0 Å². The molecule has 0 bridgehead atoms. The molecule has 0 aliphatic carbocycles. The number of aliphatic hydroxyl groups is 1. The predicted molar refractivity (Wildman–Crippen MR) is 58.5 cm³/mol. The van der Waals surface area contributed by atoms with Crippen molar-refractivity contribution < 1.29 is 14.6 Å². The SMILES string of the molecule is COC(=O)C(C)(O)CNCCCSC. The van der Waals surface area contributed by atoms with Crippen LogP contribution in [0.4, 0.5) is 0 Å². The van der Waals surface area contributed by atoms with Gasteiger partial charge in [0.05, 0.1) is 7.11 Å². The third-order valence-electron chi connectivity index (χ3n) is 1.80. The third-order valence-corrected chi connectivity index (χ3v) is 2.49. The second-order valence-electron chi connectivity index (χ2n) is 3.29. The number of hydrogen-bond donors (Lipinski definition) is 2. The zero-order valence-electron chi connectivity index (χ0n) is 9.00. The maximum Gasteiger partial charge on any atom is 0.338 e. The minimum absolute atomic E-state index is 0.230. The van der Waals surface area contributed by atoms with E-state index in [0.717, 1.165) is 18.7 Å². The van der Waals surface area contributed by atoms with Crippen LogP contribution in [0.15, 0.2) is 0 Å². The average Bonchev–Trinajstić information content (AvgIpc) is 2.16. The molecule has 1 atom stereocenters. The summed E-state index contributed by atoms with van der Waals surface area (Å²) < 4.78 is 4.46. The van der Waals surface area contributed by atoms with Crippen LogP contribution in [0.3, 0.4) is 0 Å². The molecule has 0 radical (unpaired) electrons.